The molecular formula is C32H29ClFN7O3S. The number of aliphatic imine (C=N–C) groups is 1. The number of piperazine rings is 1. The predicted molar refractivity (Wildman–Crippen MR) is 169 cm³/mol. The van der Waals surface area contributed by atoms with E-state index >= 15 is 0 Å². The van der Waals surface area contributed by atoms with Crippen LogP contribution in [-0.4, -0.2) is 78.5 Å². The fraction of sp³-hybridized carbons (Fsp3) is 0.344. The van der Waals surface area contributed by atoms with Gasteiger partial charge in [0.1, 0.15) is 11.9 Å². The third-order valence-electron chi connectivity index (χ3n) is 8.90. The van der Waals surface area contributed by atoms with Gasteiger partial charge in [-0.25, -0.2) is 25.5 Å². The van der Waals surface area contributed by atoms with Crippen LogP contribution < -0.4 is 10.2 Å². The molecule has 3 aromatic rings. The third-order valence-corrected chi connectivity index (χ3v) is 10.0. The van der Waals surface area contributed by atoms with Gasteiger partial charge in [-0.2, -0.15) is 0 Å². The minimum atomic E-state index is -0.842. The molecule has 1 saturated carbocycles. The number of aromatic nitrogens is 1. The molecule has 1 aromatic heterocycles. The molecule has 13 heteroatoms. The Labute approximate surface area is 268 Å². The second-order valence-electron chi connectivity index (χ2n) is 11.6. The maximum Gasteiger partial charge on any atom is 0.338 e. The van der Waals surface area contributed by atoms with Crippen LogP contribution in [0.1, 0.15) is 35.0 Å². The van der Waals surface area contributed by atoms with Gasteiger partial charge in [0.2, 0.25) is 0 Å². The lowest BCUT2D eigenvalue weighted by Crippen LogP contribution is -2.53. The van der Waals surface area contributed by atoms with Gasteiger partial charge in [-0.3, -0.25) is 14.8 Å². The van der Waals surface area contributed by atoms with E-state index in [-0.39, 0.29) is 28.2 Å². The average Bonchev–Trinajstić information content (AvgIpc) is 3.51. The third kappa shape index (κ3) is 5.35. The summed E-state index contributed by atoms with van der Waals surface area (Å²) in [6.07, 6.45) is 3.43. The van der Waals surface area contributed by atoms with E-state index in [1.807, 2.05) is 34.5 Å². The lowest BCUT2D eigenvalue weighted by molar-refractivity contribution is -0.136. The van der Waals surface area contributed by atoms with Crippen LogP contribution in [-0.2, 0) is 15.1 Å². The van der Waals surface area contributed by atoms with Crippen molar-refractivity contribution in [1.29, 1.82) is 0 Å². The number of hydrogen-bond acceptors (Lipinski definition) is 8. The minimum absolute atomic E-state index is 0.0341. The highest BCUT2D eigenvalue weighted by atomic mass is 35.5. The SMILES string of the molecule is [C-]#[N+]C1(c2ccc(N3C[C@@H]4CN(CC5=C(C(=O)OC)[C@H](c6ccc(F)cc6Cl)N=C(c6nccs6)N5)CCN4C3=O)cc2)CC1. The largest absolute Gasteiger partial charge is 0.466 e. The van der Waals surface area contributed by atoms with Gasteiger partial charge in [0.05, 0.1) is 18.7 Å². The standard InChI is InChI=1S/C32H29ClFN7O3S/c1-35-32(9-10-32)19-3-6-21(7-4-19)41-17-22-16-39(12-13-40(22)31(41)43)18-25-26(30(42)44-2)27(23-8-5-20(34)15-24(23)33)38-28(37-25)29-36-11-14-45-29/h3-8,11,14-15,22,27H,9-10,12-13,16-18H2,2H3,(H,37,38)/t22-,27-/m0/s1. The molecule has 45 heavy (non-hydrogen) atoms. The zero-order chi connectivity index (χ0) is 31.3. The number of amidine groups is 1. The molecule has 10 nitrogen and oxygen atoms in total. The van der Waals surface area contributed by atoms with Crippen molar-refractivity contribution >= 4 is 46.5 Å². The van der Waals surface area contributed by atoms with Crippen LogP contribution in [0.2, 0.25) is 5.02 Å². The van der Waals surface area contributed by atoms with Crippen molar-refractivity contribution in [2.24, 2.45) is 4.99 Å². The van der Waals surface area contributed by atoms with E-state index in [2.05, 4.69) is 20.0 Å². The monoisotopic (exact) mass is 645 g/mol. The molecule has 2 amide bonds. The Morgan fingerprint density at radius 1 is 1.22 bits per heavy atom. The number of benzene rings is 2. The maximum atomic E-state index is 14.0. The van der Waals surface area contributed by atoms with E-state index in [1.54, 1.807) is 11.1 Å². The summed E-state index contributed by atoms with van der Waals surface area (Å²) in [7, 11) is 1.31. The Bertz CT molecular complexity index is 1770. The number of thiazole rings is 1. The fourth-order valence-electron chi connectivity index (χ4n) is 6.36. The van der Waals surface area contributed by atoms with Crippen molar-refractivity contribution in [1.82, 2.24) is 20.1 Å². The normalized spacial score (nSPS) is 22.4. The highest BCUT2D eigenvalue weighted by molar-refractivity contribution is 7.11. The lowest BCUT2D eigenvalue weighted by Gasteiger charge is -2.38. The highest BCUT2D eigenvalue weighted by Gasteiger charge is 2.52. The number of hydrogen-bond donors (Lipinski definition) is 1. The lowest BCUT2D eigenvalue weighted by atomic mass is 9.95. The van der Waals surface area contributed by atoms with Gasteiger partial charge in [0.15, 0.2) is 10.8 Å². The summed E-state index contributed by atoms with van der Waals surface area (Å²) in [4.78, 5) is 45.7. The first-order valence-corrected chi connectivity index (χ1v) is 15.9. The zero-order valence-corrected chi connectivity index (χ0v) is 25.9. The second kappa shape index (κ2) is 11.6. The molecule has 3 fully saturated rings. The molecule has 2 aromatic carbocycles. The van der Waals surface area contributed by atoms with E-state index in [1.165, 1.54) is 36.6 Å². The van der Waals surface area contributed by atoms with Gasteiger partial charge in [-0.15, -0.1) is 11.3 Å². The van der Waals surface area contributed by atoms with E-state index in [0.29, 0.717) is 54.8 Å². The van der Waals surface area contributed by atoms with E-state index in [0.717, 1.165) is 24.1 Å². The smallest absolute Gasteiger partial charge is 0.338 e. The number of nitrogens with zero attached hydrogens (tertiary/aromatic N) is 6. The number of urea groups is 1. The molecule has 4 aliphatic rings. The number of carbonyl (C=O) groups excluding carboxylic acids is 2. The van der Waals surface area contributed by atoms with Crippen LogP contribution in [0.25, 0.3) is 4.85 Å². The van der Waals surface area contributed by atoms with Gasteiger partial charge >= 0.3 is 12.0 Å². The summed E-state index contributed by atoms with van der Waals surface area (Å²) < 4.78 is 19.2. The van der Waals surface area contributed by atoms with Gasteiger partial charge in [0, 0.05) is 84.7 Å². The Morgan fingerprint density at radius 3 is 2.69 bits per heavy atom. The molecule has 4 heterocycles. The predicted octanol–water partition coefficient (Wildman–Crippen LogP) is 4.99. The van der Waals surface area contributed by atoms with Gasteiger partial charge in [0.25, 0.3) is 5.54 Å². The first-order valence-electron chi connectivity index (χ1n) is 14.6. The molecule has 0 spiro atoms. The summed E-state index contributed by atoms with van der Waals surface area (Å²) in [6, 6.07) is 10.9. The summed E-state index contributed by atoms with van der Waals surface area (Å²) in [6.45, 7) is 10.1. The van der Waals surface area contributed by atoms with Gasteiger partial charge in [-0.05, 0) is 36.4 Å². The van der Waals surface area contributed by atoms with Gasteiger partial charge < -0.3 is 19.8 Å². The van der Waals surface area contributed by atoms with Crippen LogP contribution in [0.5, 0.6) is 0 Å². The summed E-state index contributed by atoms with van der Waals surface area (Å²) in [5, 5.41) is 5.96. The molecular weight excluding hydrogens is 617 g/mol. The molecule has 1 aliphatic carbocycles. The average molecular weight is 646 g/mol. The van der Waals surface area contributed by atoms with Crippen LogP contribution >= 0.6 is 22.9 Å². The number of halogens is 2. The maximum absolute atomic E-state index is 14.0. The van der Waals surface area contributed by atoms with Crippen molar-refractivity contribution in [2.75, 3.05) is 44.7 Å². The summed E-state index contributed by atoms with van der Waals surface area (Å²) >= 11 is 7.89. The molecule has 1 N–H and O–H groups in total. The first kappa shape index (κ1) is 29.4. The second-order valence-corrected chi connectivity index (χ2v) is 12.9. The summed E-state index contributed by atoms with van der Waals surface area (Å²) in [5.74, 6) is -0.580. The fourth-order valence-corrected chi connectivity index (χ4v) is 7.22. The number of rotatable bonds is 7. The Hall–Kier alpha value is -4.31. The highest BCUT2D eigenvalue weighted by Crippen LogP contribution is 2.50. The molecule has 0 bridgehead atoms. The first-order chi connectivity index (χ1) is 21.8. The topological polar surface area (TPSA) is 94.7 Å². The molecule has 2 saturated heterocycles. The number of carbonyl (C=O) groups is 2. The van der Waals surface area contributed by atoms with Crippen LogP contribution in [0, 0.1) is 12.4 Å². The molecule has 0 radical (unpaired) electrons. The number of amides is 2. The van der Waals surface area contributed by atoms with Gasteiger partial charge in [-0.1, -0.05) is 17.7 Å². The molecule has 2 atom stereocenters. The van der Waals surface area contributed by atoms with Crippen LogP contribution in [0.15, 0.2) is 70.3 Å². The Balaban J connectivity index is 1.15. The zero-order valence-electron chi connectivity index (χ0n) is 24.4. The molecule has 0 unspecified atom stereocenters. The molecule has 3 aliphatic heterocycles. The Kier molecular flexibility index (Phi) is 7.55. The number of nitrogens with one attached hydrogen (secondary N) is 1. The van der Waals surface area contributed by atoms with E-state index < -0.39 is 17.8 Å². The summed E-state index contributed by atoms with van der Waals surface area (Å²) in [5.41, 5.74) is 2.79. The van der Waals surface area contributed by atoms with Crippen LogP contribution in [0.4, 0.5) is 14.9 Å². The number of ether oxygens (including phenoxy) is 1. The Morgan fingerprint density at radius 2 is 2.02 bits per heavy atom. The molecule has 7 rings (SSSR count). The number of anilines is 1. The van der Waals surface area contributed by atoms with Crippen molar-refractivity contribution < 1.29 is 18.7 Å². The van der Waals surface area contributed by atoms with E-state index in [9.17, 15) is 14.0 Å². The number of esters is 1. The number of methoxy groups -OCH3 is 1. The minimum Gasteiger partial charge on any atom is -0.466 e. The van der Waals surface area contributed by atoms with Crippen LogP contribution in [0.3, 0.4) is 0 Å². The van der Waals surface area contributed by atoms with E-state index in [4.69, 9.17) is 27.9 Å². The molecule has 230 valence electrons. The van der Waals surface area contributed by atoms with Crippen molar-refractivity contribution in [3.63, 3.8) is 0 Å². The van der Waals surface area contributed by atoms with Crippen molar-refractivity contribution in [2.45, 2.75) is 30.5 Å². The van der Waals surface area contributed by atoms with Crippen molar-refractivity contribution in [3.8, 4) is 0 Å². The number of fused-ring (bicyclic) bond motifs is 1. The quantitative estimate of drug-likeness (QED) is 0.288. The van der Waals surface area contributed by atoms with Crippen molar-refractivity contribution in [3.05, 3.63) is 104 Å².